The fourth-order valence-electron chi connectivity index (χ4n) is 3.38. The lowest BCUT2D eigenvalue weighted by atomic mass is 10.1. The standard InChI is InChI=1S/C17H19N5O/c1-23-13-8-6-11(7-9-13)16-21-14-15(18)19-10-20-17(14)22(16)12-4-2-3-5-12/h6-10,12H,2-5H2,1H3,(H2,18,19,20). The molecule has 0 radical (unpaired) electrons. The van der Waals surface area contributed by atoms with Gasteiger partial charge in [0.05, 0.1) is 7.11 Å². The third kappa shape index (κ3) is 2.30. The second kappa shape index (κ2) is 5.53. The molecule has 0 saturated heterocycles. The molecule has 6 nitrogen and oxygen atoms in total. The van der Waals surface area contributed by atoms with Gasteiger partial charge in [-0.1, -0.05) is 12.8 Å². The highest BCUT2D eigenvalue weighted by molar-refractivity contribution is 5.85. The zero-order valence-electron chi connectivity index (χ0n) is 13.1. The highest BCUT2D eigenvalue weighted by Crippen LogP contribution is 2.37. The largest absolute Gasteiger partial charge is 0.497 e. The maximum atomic E-state index is 6.01. The molecular formula is C17H19N5O. The number of imidazole rings is 1. The Bertz CT molecular complexity index is 834. The van der Waals surface area contributed by atoms with Crippen LogP contribution in [0.25, 0.3) is 22.6 Å². The van der Waals surface area contributed by atoms with Crippen molar-refractivity contribution in [2.45, 2.75) is 31.7 Å². The van der Waals surface area contributed by atoms with E-state index in [0.717, 1.165) is 35.6 Å². The van der Waals surface area contributed by atoms with Crippen LogP contribution in [0.15, 0.2) is 30.6 Å². The Balaban J connectivity index is 1.93. The molecule has 1 saturated carbocycles. The number of nitrogens with zero attached hydrogens (tertiary/aromatic N) is 4. The van der Waals surface area contributed by atoms with Gasteiger partial charge in [0.15, 0.2) is 17.0 Å². The summed E-state index contributed by atoms with van der Waals surface area (Å²) in [5.74, 6) is 2.17. The molecule has 2 heterocycles. The Hall–Kier alpha value is -2.63. The molecule has 1 aliphatic carbocycles. The third-order valence-electron chi connectivity index (χ3n) is 4.54. The van der Waals surface area contributed by atoms with Crippen LogP contribution < -0.4 is 10.5 Å². The molecule has 0 spiro atoms. The minimum Gasteiger partial charge on any atom is -0.497 e. The number of ether oxygens (including phenoxy) is 1. The van der Waals surface area contributed by atoms with Gasteiger partial charge in [0.1, 0.15) is 17.9 Å². The number of nitrogen functional groups attached to an aromatic ring is 1. The molecule has 1 aliphatic rings. The third-order valence-corrected chi connectivity index (χ3v) is 4.54. The van der Waals surface area contributed by atoms with E-state index in [1.54, 1.807) is 7.11 Å². The summed E-state index contributed by atoms with van der Waals surface area (Å²) in [6, 6.07) is 8.36. The van der Waals surface area contributed by atoms with Crippen molar-refractivity contribution in [2.24, 2.45) is 0 Å². The van der Waals surface area contributed by atoms with E-state index in [0.29, 0.717) is 17.4 Å². The average Bonchev–Trinajstić information content (AvgIpc) is 3.22. The van der Waals surface area contributed by atoms with Crippen LogP contribution in [-0.2, 0) is 0 Å². The van der Waals surface area contributed by atoms with Crippen molar-refractivity contribution < 1.29 is 4.74 Å². The first-order valence-corrected chi connectivity index (χ1v) is 7.91. The highest BCUT2D eigenvalue weighted by Gasteiger charge is 2.25. The molecule has 6 heteroatoms. The normalized spacial score (nSPS) is 15.3. The summed E-state index contributed by atoms with van der Waals surface area (Å²) in [4.78, 5) is 13.3. The van der Waals surface area contributed by atoms with Gasteiger partial charge in [0.25, 0.3) is 0 Å². The van der Waals surface area contributed by atoms with Crippen LogP contribution >= 0.6 is 0 Å². The maximum Gasteiger partial charge on any atom is 0.166 e. The van der Waals surface area contributed by atoms with Crippen molar-refractivity contribution in [1.29, 1.82) is 0 Å². The summed E-state index contributed by atoms with van der Waals surface area (Å²) in [5.41, 5.74) is 8.57. The predicted octanol–water partition coefficient (Wildman–Crippen LogP) is 3.20. The number of nitrogens with two attached hydrogens (primary N) is 1. The Morgan fingerprint density at radius 2 is 1.87 bits per heavy atom. The lowest BCUT2D eigenvalue weighted by Crippen LogP contribution is -2.07. The fraction of sp³-hybridized carbons (Fsp3) is 0.353. The second-order valence-electron chi connectivity index (χ2n) is 5.90. The first-order valence-electron chi connectivity index (χ1n) is 7.91. The summed E-state index contributed by atoms with van der Waals surface area (Å²) in [5, 5.41) is 0. The van der Waals surface area contributed by atoms with Gasteiger partial charge in [-0.05, 0) is 37.1 Å². The minimum absolute atomic E-state index is 0.423. The summed E-state index contributed by atoms with van der Waals surface area (Å²) < 4.78 is 7.48. The fourth-order valence-corrected chi connectivity index (χ4v) is 3.38. The van der Waals surface area contributed by atoms with Crippen molar-refractivity contribution >= 4 is 17.0 Å². The molecule has 0 bridgehead atoms. The quantitative estimate of drug-likeness (QED) is 0.803. The molecule has 23 heavy (non-hydrogen) atoms. The molecule has 118 valence electrons. The maximum absolute atomic E-state index is 6.01. The van der Waals surface area contributed by atoms with E-state index in [4.69, 9.17) is 15.5 Å². The summed E-state index contributed by atoms with van der Waals surface area (Å²) in [7, 11) is 1.67. The van der Waals surface area contributed by atoms with E-state index in [9.17, 15) is 0 Å². The SMILES string of the molecule is COc1ccc(-c2nc3c(N)ncnc3n2C2CCCC2)cc1. The number of anilines is 1. The van der Waals surface area contributed by atoms with E-state index >= 15 is 0 Å². The van der Waals surface area contributed by atoms with E-state index in [-0.39, 0.29) is 0 Å². The molecule has 3 aromatic rings. The van der Waals surface area contributed by atoms with Gasteiger partial charge in [0.2, 0.25) is 0 Å². The van der Waals surface area contributed by atoms with Crippen LogP contribution in [0.4, 0.5) is 5.82 Å². The first-order chi connectivity index (χ1) is 11.3. The van der Waals surface area contributed by atoms with Gasteiger partial charge >= 0.3 is 0 Å². The number of benzene rings is 1. The molecular weight excluding hydrogens is 290 g/mol. The molecule has 4 rings (SSSR count). The number of aromatic nitrogens is 4. The van der Waals surface area contributed by atoms with Crippen LogP contribution in [0, 0.1) is 0 Å². The number of rotatable bonds is 3. The highest BCUT2D eigenvalue weighted by atomic mass is 16.5. The van der Waals surface area contributed by atoms with Gasteiger partial charge in [-0.25, -0.2) is 15.0 Å². The summed E-state index contributed by atoms with van der Waals surface area (Å²) in [6.45, 7) is 0. The molecule has 0 amide bonds. The smallest absolute Gasteiger partial charge is 0.166 e. The van der Waals surface area contributed by atoms with Crippen LogP contribution in [0.1, 0.15) is 31.7 Å². The van der Waals surface area contributed by atoms with Crippen molar-refractivity contribution in [1.82, 2.24) is 19.5 Å². The Morgan fingerprint density at radius 1 is 1.13 bits per heavy atom. The summed E-state index contributed by atoms with van der Waals surface area (Å²) >= 11 is 0. The zero-order valence-corrected chi connectivity index (χ0v) is 13.1. The molecule has 0 aliphatic heterocycles. The Morgan fingerprint density at radius 3 is 2.57 bits per heavy atom. The Labute approximate surface area is 134 Å². The molecule has 1 aromatic carbocycles. The topological polar surface area (TPSA) is 78.8 Å². The predicted molar refractivity (Wildman–Crippen MR) is 89.2 cm³/mol. The lowest BCUT2D eigenvalue weighted by molar-refractivity contribution is 0.415. The molecule has 0 atom stereocenters. The van der Waals surface area contributed by atoms with Crippen molar-refractivity contribution in [3.63, 3.8) is 0 Å². The van der Waals surface area contributed by atoms with E-state index < -0.39 is 0 Å². The monoisotopic (exact) mass is 309 g/mol. The number of hydrogen-bond acceptors (Lipinski definition) is 5. The van der Waals surface area contributed by atoms with Gasteiger partial charge in [-0.3, -0.25) is 0 Å². The number of methoxy groups -OCH3 is 1. The van der Waals surface area contributed by atoms with Crippen molar-refractivity contribution in [3.05, 3.63) is 30.6 Å². The number of fused-ring (bicyclic) bond motifs is 1. The van der Waals surface area contributed by atoms with Crippen LogP contribution in [0.3, 0.4) is 0 Å². The van der Waals surface area contributed by atoms with Crippen LogP contribution in [-0.4, -0.2) is 26.6 Å². The van der Waals surface area contributed by atoms with Crippen LogP contribution in [0.5, 0.6) is 5.75 Å². The van der Waals surface area contributed by atoms with Gasteiger partial charge < -0.3 is 15.0 Å². The van der Waals surface area contributed by atoms with Crippen molar-refractivity contribution in [2.75, 3.05) is 12.8 Å². The summed E-state index contributed by atoms with van der Waals surface area (Å²) in [6.07, 6.45) is 6.31. The molecule has 0 unspecified atom stereocenters. The minimum atomic E-state index is 0.423. The van der Waals surface area contributed by atoms with Gasteiger partial charge in [-0.2, -0.15) is 0 Å². The van der Waals surface area contributed by atoms with E-state index in [2.05, 4.69) is 14.5 Å². The number of hydrogen-bond donors (Lipinski definition) is 1. The second-order valence-corrected chi connectivity index (χ2v) is 5.90. The average molecular weight is 309 g/mol. The molecule has 1 fully saturated rings. The zero-order chi connectivity index (χ0) is 15.8. The lowest BCUT2D eigenvalue weighted by Gasteiger charge is -2.15. The Kier molecular flexibility index (Phi) is 3.37. The van der Waals surface area contributed by atoms with E-state index in [1.165, 1.54) is 19.2 Å². The van der Waals surface area contributed by atoms with Crippen LogP contribution in [0.2, 0.25) is 0 Å². The van der Waals surface area contributed by atoms with Crippen molar-refractivity contribution in [3.8, 4) is 17.1 Å². The first kappa shape index (κ1) is 14.0. The van der Waals surface area contributed by atoms with Gasteiger partial charge in [0, 0.05) is 11.6 Å². The van der Waals surface area contributed by atoms with Gasteiger partial charge in [-0.15, -0.1) is 0 Å². The van der Waals surface area contributed by atoms with E-state index in [1.807, 2.05) is 24.3 Å². The molecule has 2 N–H and O–H groups in total. The molecule has 2 aromatic heterocycles.